The van der Waals surface area contributed by atoms with Gasteiger partial charge in [-0.1, -0.05) is 23.7 Å². The van der Waals surface area contributed by atoms with Gasteiger partial charge in [0.1, 0.15) is 11.7 Å². The van der Waals surface area contributed by atoms with Crippen molar-refractivity contribution in [3.05, 3.63) is 93.1 Å². The second kappa shape index (κ2) is 8.81. The molecule has 0 radical (unpaired) electrons. The molecule has 1 N–H and O–H groups in total. The minimum atomic E-state index is -0.252. The molecule has 4 rings (SSSR count). The molecule has 0 bridgehead atoms. The Morgan fingerprint density at radius 3 is 2.74 bits per heavy atom. The summed E-state index contributed by atoms with van der Waals surface area (Å²) in [7, 11) is 0. The molecule has 0 aliphatic carbocycles. The van der Waals surface area contributed by atoms with Crippen LogP contribution in [0, 0.1) is 11.3 Å². The Kier molecular flexibility index (Phi) is 5.78. The monoisotopic (exact) mass is 432 g/mol. The summed E-state index contributed by atoms with van der Waals surface area (Å²) < 4.78 is 3.09. The number of amides is 1. The highest BCUT2D eigenvalue weighted by atomic mass is 35.5. The van der Waals surface area contributed by atoms with E-state index in [1.54, 1.807) is 41.1 Å². The van der Waals surface area contributed by atoms with E-state index in [1.165, 1.54) is 17.1 Å². The number of nitrogens with one attached hydrogen (secondary N) is 1. The van der Waals surface area contributed by atoms with Gasteiger partial charge in [-0.05, 0) is 42.0 Å². The number of carbonyl (C=O) groups excluding carboxylic acids is 1. The minimum Gasteiger partial charge on any atom is -0.350 e. The van der Waals surface area contributed by atoms with E-state index in [9.17, 15) is 9.59 Å². The zero-order chi connectivity index (χ0) is 21.8. The lowest BCUT2D eigenvalue weighted by atomic mass is 10.1. The lowest BCUT2D eigenvalue weighted by molar-refractivity contribution is 0.0952. The first-order valence-corrected chi connectivity index (χ1v) is 9.87. The summed E-state index contributed by atoms with van der Waals surface area (Å²) in [4.78, 5) is 29.4. The molecule has 31 heavy (non-hydrogen) atoms. The lowest BCUT2D eigenvalue weighted by Crippen LogP contribution is -2.27. The van der Waals surface area contributed by atoms with Gasteiger partial charge < -0.3 is 5.32 Å². The molecule has 9 heteroatoms. The molecule has 0 saturated carbocycles. The average Bonchev–Trinajstić information content (AvgIpc) is 3.19. The molecule has 0 aliphatic heterocycles. The highest BCUT2D eigenvalue weighted by Gasteiger charge is 2.11. The SMILES string of the molecule is N#Cc1ccc(C(=O)NCCn2ncc3c(=O)n(Cc4cccc(Cl)c4)cnc32)cc1. The topological polar surface area (TPSA) is 106 Å². The van der Waals surface area contributed by atoms with Gasteiger partial charge in [-0.15, -0.1) is 0 Å². The molecule has 8 nitrogen and oxygen atoms in total. The van der Waals surface area contributed by atoms with Crippen molar-refractivity contribution in [3.63, 3.8) is 0 Å². The third-order valence-electron chi connectivity index (χ3n) is 4.75. The van der Waals surface area contributed by atoms with Gasteiger partial charge in [-0.25, -0.2) is 9.67 Å². The largest absolute Gasteiger partial charge is 0.350 e. The predicted molar refractivity (Wildman–Crippen MR) is 116 cm³/mol. The number of halogens is 1. The minimum absolute atomic E-state index is 0.196. The second-order valence-corrected chi connectivity index (χ2v) is 7.29. The number of benzene rings is 2. The molecule has 0 atom stereocenters. The Morgan fingerprint density at radius 1 is 1.19 bits per heavy atom. The maximum Gasteiger partial charge on any atom is 0.264 e. The Labute approximate surface area is 182 Å². The van der Waals surface area contributed by atoms with Crippen molar-refractivity contribution < 1.29 is 4.79 Å². The molecule has 2 aromatic carbocycles. The second-order valence-electron chi connectivity index (χ2n) is 6.86. The van der Waals surface area contributed by atoms with Crippen molar-refractivity contribution in [1.29, 1.82) is 5.26 Å². The molecular weight excluding hydrogens is 416 g/mol. The maximum atomic E-state index is 12.8. The molecule has 154 valence electrons. The van der Waals surface area contributed by atoms with Crippen molar-refractivity contribution in [1.82, 2.24) is 24.6 Å². The molecule has 1 amide bonds. The molecule has 4 aromatic rings. The van der Waals surface area contributed by atoms with E-state index in [4.69, 9.17) is 16.9 Å². The fraction of sp³-hybridized carbons (Fsp3) is 0.136. The molecule has 2 aromatic heterocycles. The number of rotatable bonds is 6. The van der Waals surface area contributed by atoms with Crippen molar-refractivity contribution in [2.24, 2.45) is 0 Å². The summed E-state index contributed by atoms with van der Waals surface area (Å²) in [5.41, 5.74) is 2.12. The predicted octanol–water partition coefficient (Wildman–Crippen LogP) is 2.60. The van der Waals surface area contributed by atoms with Gasteiger partial charge in [0.2, 0.25) is 0 Å². The van der Waals surface area contributed by atoms with Gasteiger partial charge in [0.15, 0.2) is 5.65 Å². The quantitative estimate of drug-likeness (QED) is 0.504. The first-order valence-electron chi connectivity index (χ1n) is 9.49. The van der Waals surface area contributed by atoms with E-state index in [0.717, 1.165) is 5.56 Å². The summed E-state index contributed by atoms with van der Waals surface area (Å²) in [6.07, 6.45) is 2.97. The normalized spacial score (nSPS) is 10.7. The molecular formula is C22H17ClN6O2. The van der Waals surface area contributed by atoms with Gasteiger partial charge in [0, 0.05) is 17.1 Å². The van der Waals surface area contributed by atoms with Crippen molar-refractivity contribution in [3.8, 4) is 6.07 Å². The number of nitrogens with zero attached hydrogens (tertiary/aromatic N) is 5. The summed E-state index contributed by atoms with van der Waals surface area (Å²) >= 11 is 6.01. The van der Waals surface area contributed by atoms with Crippen LogP contribution in [0.15, 0.2) is 65.8 Å². The van der Waals surface area contributed by atoms with Crippen LogP contribution in [-0.4, -0.2) is 31.8 Å². The van der Waals surface area contributed by atoms with Crippen LogP contribution in [0.3, 0.4) is 0 Å². The van der Waals surface area contributed by atoms with Gasteiger partial charge in [-0.2, -0.15) is 10.4 Å². The van der Waals surface area contributed by atoms with Gasteiger partial charge in [0.05, 0.1) is 30.9 Å². The van der Waals surface area contributed by atoms with Gasteiger partial charge in [-0.3, -0.25) is 14.2 Å². The van der Waals surface area contributed by atoms with Crippen LogP contribution in [0.25, 0.3) is 11.0 Å². The van der Waals surface area contributed by atoms with Crippen LogP contribution in [-0.2, 0) is 13.1 Å². The van der Waals surface area contributed by atoms with E-state index in [2.05, 4.69) is 15.4 Å². The standard InChI is InChI=1S/C22H17ClN6O2/c23-18-3-1-2-16(10-18)13-28-14-26-20-19(22(28)31)12-27-29(20)9-8-25-21(30)17-6-4-15(11-24)5-7-17/h1-7,10,12,14H,8-9,13H2,(H,25,30). The number of nitriles is 1. The third kappa shape index (κ3) is 4.47. The molecule has 0 unspecified atom stereocenters. The summed E-state index contributed by atoms with van der Waals surface area (Å²) in [5.74, 6) is -0.252. The van der Waals surface area contributed by atoms with Crippen LogP contribution in [0.1, 0.15) is 21.5 Å². The first-order chi connectivity index (χ1) is 15.0. The highest BCUT2D eigenvalue weighted by molar-refractivity contribution is 6.30. The van der Waals surface area contributed by atoms with Crippen LogP contribution >= 0.6 is 11.6 Å². The number of hydrogen-bond donors (Lipinski definition) is 1. The zero-order valence-electron chi connectivity index (χ0n) is 16.3. The van der Waals surface area contributed by atoms with E-state index < -0.39 is 0 Å². The van der Waals surface area contributed by atoms with Crippen LogP contribution in [0.2, 0.25) is 5.02 Å². The van der Waals surface area contributed by atoms with E-state index in [0.29, 0.717) is 46.8 Å². The third-order valence-corrected chi connectivity index (χ3v) is 4.98. The van der Waals surface area contributed by atoms with E-state index >= 15 is 0 Å². The lowest BCUT2D eigenvalue weighted by Gasteiger charge is -2.08. The van der Waals surface area contributed by atoms with Crippen molar-refractivity contribution in [2.75, 3.05) is 6.54 Å². The Hall–Kier alpha value is -3.96. The Bertz CT molecular complexity index is 1350. The molecule has 0 spiro atoms. The fourth-order valence-electron chi connectivity index (χ4n) is 3.18. The highest BCUT2D eigenvalue weighted by Crippen LogP contribution is 2.12. The number of aromatic nitrogens is 4. The first kappa shape index (κ1) is 20.3. The Morgan fingerprint density at radius 2 is 2.00 bits per heavy atom. The van der Waals surface area contributed by atoms with Crippen molar-refractivity contribution in [2.45, 2.75) is 13.1 Å². The molecule has 0 aliphatic rings. The summed E-state index contributed by atoms with van der Waals surface area (Å²) in [5, 5.41) is 16.9. The zero-order valence-corrected chi connectivity index (χ0v) is 17.1. The number of hydrogen-bond acceptors (Lipinski definition) is 5. The summed E-state index contributed by atoms with van der Waals surface area (Å²) in [6, 6.07) is 15.7. The Balaban J connectivity index is 1.44. The molecule has 2 heterocycles. The van der Waals surface area contributed by atoms with Gasteiger partial charge in [0.25, 0.3) is 11.5 Å². The average molecular weight is 433 g/mol. The molecule has 0 fully saturated rings. The maximum absolute atomic E-state index is 12.8. The van der Waals surface area contributed by atoms with Crippen LogP contribution in [0.5, 0.6) is 0 Å². The summed E-state index contributed by atoms with van der Waals surface area (Å²) in [6.45, 7) is 1.02. The smallest absolute Gasteiger partial charge is 0.264 e. The van der Waals surface area contributed by atoms with Crippen molar-refractivity contribution >= 4 is 28.5 Å². The van der Waals surface area contributed by atoms with E-state index in [1.807, 2.05) is 18.2 Å². The van der Waals surface area contributed by atoms with E-state index in [-0.39, 0.29) is 11.5 Å². The van der Waals surface area contributed by atoms with Gasteiger partial charge >= 0.3 is 0 Å². The van der Waals surface area contributed by atoms with Crippen LogP contribution < -0.4 is 10.9 Å². The molecule has 0 saturated heterocycles. The number of fused-ring (bicyclic) bond motifs is 1. The van der Waals surface area contributed by atoms with Crippen LogP contribution in [0.4, 0.5) is 0 Å². The fourth-order valence-corrected chi connectivity index (χ4v) is 3.39. The number of carbonyl (C=O) groups is 1.